The fraction of sp³-hybridized carbons (Fsp3) is 0.273. The van der Waals surface area contributed by atoms with Gasteiger partial charge in [0.25, 0.3) is 5.84 Å². The molecule has 2 aliphatic heterocycles. The third-order valence-electron chi connectivity index (χ3n) is 5.54. The Labute approximate surface area is 164 Å². The Kier molecular flexibility index (Phi) is 4.01. The first kappa shape index (κ1) is 16.6. The highest BCUT2D eigenvalue weighted by Crippen LogP contribution is 2.37. The maximum atomic E-state index is 6.23. The smallest absolute Gasteiger partial charge is 0.255 e. The summed E-state index contributed by atoms with van der Waals surface area (Å²) in [5, 5.41) is 5.77. The average Bonchev–Trinajstić information content (AvgIpc) is 3.29. The van der Waals surface area contributed by atoms with Gasteiger partial charge in [-0.15, -0.1) is 0 Å². The molecule has 3 heterocycles. The number of pyridine rings is 1. The number of amidine groups is 1. The van der Waals surface area contributed by atoms with E-state index in [1.54, 1.807) is 0 Å². The second kappa shape index (κ2) is 6.54. The minimum absolute atomic E-state index is 0.774. The SMILES string of the molecule is CN1CCc2c1nc1ccccc1c2NC1=[N+](c2cccc(Cl)c2)CCC1. The molecule has 0 saturated carbocycles. The van der Waals surface area contributed by atoms with Gasteiger partial charge in [-0.1, -0.05) is 29.8 Å². The summed E-state index contributed by atoms with van der Waals surface area (Å²) in [5.74, 6) is 2.34. The van der Waals surface area contributed by atoms with Gasteiger partial charge in [-0.25, -0.2) is 14.9 Å². The van der Waals surface area contributed by atoms with Crippen molar-refractivity contribution in [1.29, 1.82) is 0 Å². The molecule has 1 N–H and O–H groups in total. The molecule has 27 heavy (non-hydrogen) atoms. The molecule has 0 radical (unpaired) electrons. The zero-order chi connectivity index (χ0) is 18.4. The van der Waals surface area contributed by atoms with E-state index in [4.69, 9.17) is 16.6 Å². The van der Waals surface area contributed by atoms with E-state index in [1.165, 1.54) is 22.5 Å². The van der Waals surface area contributed by atoms with Crippen molar-refractivity contribution in [3.05, 3.63) is 59.1 Å². The van der Waals surface area contributed by atoms with E-state index >= 15 is 0 Å². The topological polar surface area (TPSA) is 31.2 Å². The summed E-state index contributed by atoms with van der Waals surface area (Å²) in [6, 6.07) is 16.5. The van der Waals surface area contributed by atoms with E-state index in [1.807, 2.05) is 18.2 Å². The summed E-state index contributed by atoms with van der Waals surface area (Å²) in [7, 11) is 2.12. The van der Waals surface area contributed by atoms with Crippen LogP contribution in [0.2, 0.25) is 5.02 Å². The van der Waals surface area contributed by atoms with Crippen LogP contribution in [0.3, 0.4) is 0 Å². The largest absolute Gasteiger partial charge is 0.359 e. The molecule has 0 bridgehead atoms. The Balaban J connectivity index is 1.65. The lowest BCUT2D eigenvalue weighted by Crippen LogP contribution is -2.20. The molecule has 5 heteroatoms. The molecule has 4 nitrogen and oxygen atoms in total. The van der Waals surface area contributed by atoms with Crippen LogP contribution in [0.15, 0.2) is 48.5 Å². The third-order valence-corrected chi connectivity index (χ3v) is 5.78. The summed E-state index contributed by atoms with van der Waals surface area (Å²) in [5.41, 5.74) is 4.72. The van der Waals surface area contributed by atoms with Crippen molar-refractivity contribution in [3.63, 3.8) is 0 Å². The zero-order valence-electron chi connectivity index (χ0n) is 15.4. The van der Waals surface area contributed by atoms with Gasteiger partial charge >= 0.3 is 0 Å². The normalized spacial score (nSPS) is 16.3. The average molecular weight is 378 g/mol. The number of aromatic nitrogens is 1. The second-order valence-corrected chi connectivity index (χ2v) is 7.72. The van der Waals surface area contributed by atoms with Gasteiger partial charge in [-0.3, -0.25) is 0 Å². The number of nitrogens with zero attached hydrogens (tertiary/aromatic N) is 3. The molecule has 3 aromatic rings. The highest BCUT2D eigenvalue weighted by Gasteiger charge is 2.29. The molecule has 0 saturated heterocycles. The molecule has 0 fully saturated rings. The molecular formula is C22H22ClN4+. The van der Waals surface area contributed by atoms with Gasteiger partial charge in [0.15, 0.2) is 0 Å². The standard InChI is InChI=1S/C22H21ClN4/c1-26-13-11-18-21(17-8-2-3-9-19(17)24-22(18)26)25-20-10-5-12-27(20)16-7-4-6-15(23)14-16/h2-4,6-9,14H,5,10-13H2,1H3/p+1. The lowest BCUT2D eigenvalue weighted by atomic mass is 10.1. The summed E-state index contributed by atoms with van der Waals surface area (Å²) >= 11 is 6.23. The van der Waals surface area contributed by atoms with Crippen LogP contribution in [0.1, 0.15) is 18.4 Å². The minimum Gasteiger partial charge on any atom is -0.359 e. The van der Waals surface area contributed by atoms with Gasteiger partial charge in [0.1, 0.15) is 17.2 Å². The predicted molar refractivity (Wildman–Crippen MR) is 113 cm³/mol. The van der Waals surface area contributed by atoms with Crippen molar-refractivity contribution in [3.8, 4) is 0 Å². The number of hydrogen-bond acceptors (Lipinski definition) is 3. The summed E-state index contributed by atoms with van der Waals surface area (Å²) < 4.78 is 2.35. The lowest BCUT2D eigenvalue weighted by Gasteiger charge is -2.14. The maximum absolute atomic E-state index is 6.23. The molecular weight excluding hydrogens is 356 g/mol. The molecule has 2 aliphatic rings. The first-order valence-electron chi connectivity index (χ1n) is 9.49. The fourth-order valence-corrected chi connectivity index (χ4v) is 4.38. The van der Waals surface area contributed by atoms with Gasteiger partial charge in [0.2, 0.25) is 0 Å². The van der Waals surface area contributed by atoms with Crippen LogP contribution in [0.5, 0.6) is 0 Å². The Morgan fingerprint density at radius 1 is 1.11 bits per heavy atom. The fourth-order valence-electron chi connectivity index (χ4n) is 4.20. The molecule has 0 atom stereocenters. The Morgan fingerprint density at radius 2 is 2.00 bits per heavy atom. The number of para-hydroxylation sites is 1. The molecule has 2 aromatic carbocycles. The summed E-state index contributed by atoms with van der Waals surface area (Å²) in [6.45, 7) is 2.02. The molecule has 5 rings (SSSR count). The van der Waals surface area contributed by atoms with Crippen LogP contribution in [0.4, 0.5) is 17.2 Å². The van der Waals surface area contributed by atoms with Crippen molar-refractivity contribution >= 4 is 45.5 Å². The predicted octanol–water partition coefficient (Wildman–Crippen LogP) is 4.83. The minimum atomic E-state index is 0.774. The van der Waals surface area contributed by atoms with E-state index in [-0.39, 0.29) is 0 Å². The number of anilines is 2. The summed E-state index contributed by atoms with van der Waals surface area (Å²) in [6.07, 6.45) is 3.20. The van der Waals surface area contributed by atoms with Crippen LogP contribution in [0, 0.1) is 0 Å². The van der Waals surface area contributed by atoms with E-state index in [0.29, 0.717) is 0 Å². The molecule has 0 spiro atoms. The number of fused-ring (bicyclic) bond motifs is 2. The first-order chi connectivity index (χ1) is 13.2. The maximum Gasteiger partial charge on any atom is 0.255 e. The molecule has 0 unspecified atom stereocenters. The van der Waals surface area contributed by atoms with Crippen molar-refractivity contribution in [2.75, 3.05) is 30.4 Å². The van der Waals surface area contributed by atoms with E-state index in [2.05, 4.69) is 52.2 Å². The van der Waals surface area contributed by atoms with Gasteiger partial charge in [0, 0.05) is 35.6 Å². The highest BCUT2D eigenvalue weighted by molar-refractivity contribution is 6.30. The van der Waals surface area contributed by atoms with E-state index < -0.39 is 0 Å². The van der Waals surface area contributed by atoms with Crippen LogP contribution in [-0.4, -0.2) is 35.5 Å². The number of hydrogen-bond donors (Lipinski definition) is 1. The molecule has 1 aromatic heterocycles. The van der Waals surface area contributed by atoms with Gasteiger partial charge in [-0.05, 0) is 37.1 Å². The van der Waals surface area contributed by atoms with Crippen LogP contribution in [0.25, 0.3) is 10.9 Å². The molecule has 136 valence electrons. The lowest BCUT2D eigenvalue weighted by molar-refractivity contribution is -0.431. The van der Waals surface area contributed by atoms with Crippen molar-refractivity contribution in [2.24, 2.45) is 0 Å². The van der Waals surface area contributed by atoms with Crippen molar-refractivity contribution < 1.29 is 4.58 Å². The Hall–Kier alpha value is -2.59. The number of benzene rings is 2. The van der Waals surface area contributed by atoms with E-state index in [0.717, 1.165) is 54.4 Å². The number of likely N-dealkylation sites (N-methyl/N-ethyl adjacent to an activating group) is 1. The van der Waals surface area contributed by atoms with Crippen molar-refractivity contribution in [1.82, 2.24) is 4.98 Å². The second-order valence-electron chi connectivity index (χ2n) is 7.28. The number of rotatable bonds is 2. The number of halogens is 1. The van der Waals surface area contributed by atoms with Gasteiger partial charge in [0.05, 0.1) is 18.5 Å². The molecule has 0 amide bonds. The first-order valence-corrected chi connectivity index (χ1v) is 9.87. The quantitative estimate of drug-likeness (QED) is 0.649. The van der Waals surface area contributed by atoms with E-state index in [9.17, 15) is 0 Å². The Morgan fingerprint density at radius 3 is 2.89 bits per heavy atom. The van der Waals surface area contributed by atoms with Crippen molar-refractivity contribution in [2.45, 2.75) is 19.3 Å². The monoisotopic (exact) mass is 377 g/mol. The van der Waals surface area contributed by atoms with Gasteiger partial charge < -0.3 is 4.90 Å². The highest BCUT2D eigenvalue weighted by atomic mass is 35.5. The van der Waals surface area contributed by atoms with Crippen LogP contribution in [-0.2, 0) is 6.42 Å². The van der Waals surface area contributed by atoms with Crippen LogP contribution < -0.4 is 10.2 Å². The van der Waals surface area contributed by atoms with Gasteiger partial charge in [-0.2, -0.15) is 0 Å². The number of nitrogens with one attached hydrogen (secondary N) is 1. The molecule has 0 aliphatic carbocycles. The third kappa shape index (κ3) is 2.85. The van der Waals surface area contributed by atoms with Crippen LogP contribution >= 0.6 is 11.6 Å². The summed E-state index contributed by atoms with van der Waals surface area (Å²) in [4.78, 5) is 7.16. The zero-order valence-corrected chi connectivity index (χ0v) is 16.1. The Bertz CT molecular complexity index is 1070.